The Kier molecular flexibility index (Phi) is 2.65. The van der Waals surface area contributed by atoms with Crippen molar-refractivity contribution in [2.24, 2.45) is 0 Å². The van der Waals surface area contributed by atoms with Crippen molar-refractivity contribution in [3.63, 3.8) is 0 Å². The number of aldehydes is 1. The molecule has 0 aliphatic rings. The number of methoxy groups -OCH3 is 1. The van der Waals surface area contributed by atoms with Crippen molar-refractivity contribution < 1.29 is 14.6 Å². The minimum absolute atomic E-state index is 0.285. The summed E-state index contributed by atoms with van der Waals surface area (Å²) in [6, 6.07) is 0. The fraction of sp³-hybridized carbons (Fsp3) is 0.800. The first-order chi connectivity index (χ1) is 3.68. The van der Waals surface area contributed by atoms with Crippen molar-refractivity contribution in [2.75, 3.05) is 7.11 Å². The molecule has 0 radical (unpaired) electrons. The quantitative estimate of drug-likeness (QED) is 0.417. The lowest BCUT2D eigenvalue weighted by molar-refractivity contribution is -0.182. The fourth-order valence-corrected chi connectivity index (χ4v) is 0.276. The van der Waals surface area contributed by atoms with Crippen molar-refractivity contribution in [2.45, 2.75) is 19.1 Å². The Morgan fingerprint density at radius 3 is 2.38 bits per heavy atom. The molecule has 48 valence electrons. The lowest BCUT2D eigenvalue weighted by Gasteiger charge is -2.15. The van der Waals surface area contributed by atoms with Crippen LogP contribution in [0.3, 0.4) is 0 Å². The van der Waals surface area contributed by atoms with Gasteiger partial charge in [0.05, 0.1) is 0 Å². The minimum Gasteiger partial charge on any atom is -0.360 e. The van der Waals surface area contributed by atoms with E-state index in [0.29, 0.717) is 6.29 Å². The van der Waals surface area contributed by atoms with Gasteiger partial charge in [-0.05, 0) is 0 Å². The minimum atomic E-state index is -1.56. The van der Waals surface area contributed by atoms with Crippen LogP contribution in [0.4, 0.5) is 0 Å². The molecule has 0 aromatic rings. The van der Waals surface area contributed by atoms with Gasteiger partial charge in [0.2, 0.25) is 5.79 Å². The van der Waals surface area contributed by atoms with Gasteiger partial charge in [-0.2, -0.15) is 0 Å². The van der Waals surface area contributed by atoms with E-state index in [2.05, 4.69) is 4.74 Å². The Morgan fingerprint density at radius 1 is 1.88 bits per heavy atom. The maximum absolute atomic E-state index is 9.91. The highest BCUT2D eigenvalue weighted by molar-refractivity contribution is 5.59. The third-order valence-corrected chi connectivity index (χ3v) is 1.04. The van der Waals surface area contributed by atoms with Crippen molar-refractivity contribution >= 4 is 6.29 Å². The molecular formula is C5H10O3. The van der Waals surface area contributed by atoms with Gasteiger partial charge < -0.3 is 9.84 Å². The normalized spacial score (nSPS) is 17.4. The van der Waals surface area contributed by atoms with E-state index in [1.165, 1.54) is 7.11 Å². The van der Waals surface area contributed by atoms with Crippen LogP contribution in [-0.4, -0.2) is 24.3 Å². The van der Waals surface area contributed by atoms with Gasteiger partial charge in [0.25, 0.3) is 0 Å². The number of ether oxygens (including phenoxy) is 1. The summed E-state index contributed by atoms with van der Waals surface area (Å²) < 4.78 is 4.42. The van der Waals surface area contributed by atoms with Crippen LogP contribution >= 0.6 is 0 Å². The average Bonchev–Trinajstić information content (AvgIpc) is 1.87. The molecule has 0 aromatic carbocycles. The Balaban J connectivity index is 3.76. The van der Waals surface area contributed by atoms with Gasteiger partial charge in [-0.1, -0.05) is 6.92 Å². The van der Waals surface area contributed by atoms with E-state index in [1.54, 1.807) is 6.92 Å². The number of aliphatic hydroxyl groups is 1. The molecule has 8 heavy (non-hydrogen) atoms. The summed E-state index contributed by atoms with van der Waals surface area (Å²) in [5.74, 6) is -1.56. The molecule has 0 bridgehead atoms. The second kappa shape index (κ2) is 2.79. The largest absolute Gasteiger partial charge is 0.360 e. The predicted molar refractivity (Wildman–Crippen MR) is 28.3 cm³/mol. The number of hydrogen-bond acceptors (Lipinski definition) is 3. The second-order valence-corrected chi connectivity index (χ2v) is 1.52. The summed E-state index contributed by atoms with van der Waals surface area (Å²) in [5.41, 5.74) is 0. The number of carbonyl (C=O) groups is 1. The van der Waals surface area contributed by atoms with Crippen LogP contribution in [0, 0.1) is 0 Å². The average molecular weight is 118 g/mol. The van der Waals surface area contributed by atoms with Crippen LogP contribution in [0.25, 0.3) is 0 Å². The predicted octanol–water partition coefficient (Wildman–Crippen LogP) is -0.0697. The smallest absolute Gasteiger partial charge is 0.222 e. The van der Waals surface area contributed by atoms with Crippen molar-refractivity contribution in [3.8, 4) is 0 Å². The SMILES string of the molecule is CCC(O)(C=O)OC. The molecule has 0 saturated heterocycles. The third-order valence-electron chi connectivity index (χ3n) is 1.04. The molecule has 0 spiro atoms. The Morgan fingerprint density at radius 2 is 2.38 bits per heavy atom. The Hall–Kier alpha value is -0.410. The highest BCUT2D eigenvalue weighted by Crippen LogP contribution is 2.04. The lowest BCUT2D eigenvalue weighted by Crippen LogP contribution is -2.31. The first kappa shape index (κ1) is 7.59. The highest BCUT2D eigenvalue weighted by Gasteiger charge is 2.21. The van der Waals surface area contributed by atoms with E-state index < -0.39 is 5.79 Å². The van der Waals surface area contributed by atoms with Gasteiger partial charge in [-0.3, -0.25) is 4.79 Å². The fourth-order valence-electron chi connectivity index (χ4n) is 0.276. The van der Waals surface area contributed by atoms with E-state index in [-0.39, 0.29) is 6.42 Å². The van der Waals surface area contributed by atoms with Crippen LogP contribution in [0.5, 0.6) is 0 Å². The van der Waals surface area contributed by atoms with E-state index in [1.807, 2.05) is 0 Å². The van der Waals surface area contributed by atoms with Crippen LogP contribution in [0.15, 0.2) is 0 Å². The molecule has 0 saturated carbocycles. The van der Waals surface area contributed by atoms with Crippen LogP contribution in [-0.2, 0) is 9.53 Å². The molecule has 0 fully saturated rings. The standard InChI is InChI=1S/C5H10O3/c1-3-5(7,4-6)8-2/h4,7H,3H2,1-2H3. The van der Waals surface area contributed by atoms with Gasteiger partial charge in [0, 0.05) is 13.5 Å². The molecule has 0 amide bonds. The molecule has 0 heterocycles. The monoisotopic (exact) mass is 118 g/mol. The summed E-state index contributed by atoms with van der Waals surface area (Å²) in [5, 5.41) is 8.85. The highest BCUT2D eigenvalue weighted by atomic mass is 16.6. The molecule has 1 unspecified atom stereocenters. The number of rotatable bonds is 3. The van der Waals surface area contributed by atoms with Gasteiger partial charge in [0.15, 0.2) is 6.29 Å². The maximum atomic E-state index is 9.91. The molecule has 0 aliphatic heterocycles. The first-order valence-electron chi connectivity index (χ1n) is 2.42. The summed E-state index contributed by atoms with van der Waals surface area (Å²) in [7, 11) is 1.29. The van der Waals surface area contributed by atoms with Gasteiger partial charge in [-0.25, -0.2) is 0 Å². The first-order valence-corrected chi connectivity index (χ1v) is 2.42. The van der Waals surface area contributed by atoms with E-state index in [9.17, 15) is 4.79 Å². The Bertz CT molecular complexity index is 75.7. The zero-order valence-corrected chi connectivity index (χ0v) is 5.05. The number of hydrogen-bond donors (Lipinski definition) is 1. The van der Waals surface area contributed by atoms with Gasteiger partial charge >= 0.3 is 0 Å². The molecular weight excluding hydrogens is 108 g/mol. The molecule has 0 aromatic heterocycles. The van der Waals surface area contributed by atoms with Crippen molar-refractivity contribution in [1.82, 2.24) is 0 Å². The van der Waals surface area contributed by atoms with Crippen LogP contribution < -0.4 is 0 Å². The van der Waals surface area contributed by atoms with E-state index >= 15 is 0 Å². The zero-order valence-electron chi connectivity index (χ0n) is 5.05. The maximum Gasteiger partial charge on any atom is 0.222 e. The van der Waals surface area contributed by atoms with Crippen LogP contribution in [0.1, 0.15) is 13.3 Å². The summed E-state index contributed by atoms with van der Waals surface area (Å²) in [6.07, 6.45) is 0.667. The van der Waals surface area contributed by atoms with Crippen LogP contribution in [0.2, 0.25) is 0 Å². The number of carbonyl (C=O) groups excluding carboxylic acids is 1. The summed E-state index contributed by atoms with van der Waals surface area (Å²) in [4.78, 5) is 9.91. The van der Waals surface area contributed by atoms with E-state index in [4.69, 9.17) is 5.11 Å². The van der Waals surface area contributed by atoms with Gasteiger partial charge in [-0.15, -0.1) is 0 Å². The topological polar surface area (TPSA) is 46.5 Å². The molecule has 3 heteroatoms. The zero-order chi connectivity index (χ0) is 6.62. The molecule has 1 atom stereocenters. The summed E-state index contributed by atoms with van der Waals surface area (Å²) in [6.45, 7) is 1.66. The molecule has 1 N–H and O–H groups in total. The lowest BCUT2D eigenvalue weighted by atomic mass is 10.2. The third kappa shape index (κ3) is 1.60. The Labute approximate surface area is 48.3 Å². The molecule has 0 aliphatic carbocycles. The summed E-state index contributed by atoms with van der Waals surface area (Å²) >= 11 is 0. The van der Waals surface area contributed by atoms with Crippen molar-refractivity contribution in [3.05, 3.63) is 0 Å². The second-order valence-electron chi connectivity index (χ2n) is 1.52. The van der Waals surface area contributed by atoms with Crippen molar-refractivity contribution in [1.29, 1.82) is 0 Å². The molecule has 3 nitrogen and oxygen atoms in total. The van der Waals surface area contributed by atoms with Gasteiger partial charge in [0.1, 0.15) is 0 Å². The van der Waals surface area contributed by atoms with E-state index in [0.717, 1.165) is 0 Å². The molecule has 0 rings (SSSR count).